The molecular formula is C11H13BrCl2O3S. The predicted molar refractivity (Wildman–Crippen MR) is 78.2 cm³/mol. The zero-order valence-electron chi connectivity index (χ0n) is 9.82. The van der Waals surface area contributed by atoms with E-state index in [1.165, 1.54) is 12.1 Å². The highest BCUT2D eigenvalue weighted by Crippen LogP contribution is 2.43. The van der Waals surface area contributed by atoms with Crippen LogP contribution in [-0.2, 0) is 9.84 Å². The Morgan fingerprint density at radius 3 is 2.39 bits per heavy atom. The number of aliphatic hydroxyl groups is 1. The summed E-state index contributed by atoms with van der Waals surface area (Å²) in [6, 6.07) is 4.54. The van der Waals surface area contributed by atoms with E-state index in [0.717, 1.165) is 6.26 Å². The van der Waals surface area contributed by atoms with Crippen LogP contribution in [0.15, 0.2) is 18.2 Å². The van der Waals surface area contributed by atoms with Gasteiger partial charge in [-0.1, -0.05) is 52.1 Å². The Morgan fingerprint density at radius 1 is 1.44 bits per heavy atom. The predicted octanol–water partition coefficient (Wildman–Crippen LogP) is 3.57. The van der Waals surface area contributed by atoms with Crippen molar-refractivity contribution >= 4 is 49.0 Å². The second-order valence-electron chi connectivity index (χ2n) is 3.98. The van der Waals surface area contributed by atoms with Crippen LogP contribution in [0.25, 0.3) is 0 Å². The molecule has 102 valence electrons. The van der Waals surface area contributed by atoms with E-state index in [4.69, 9.17) is 23.2 Å². The Bertz CT molecular complexity index is 547. The smallest absolute Gasteiger partial charge is 0.166 e. The molecule has 18 heavy (non-hydrogen) atoms. The molecule has 1 rings (SSSR count). The van der Waals surface area contributed by atoms with Gasteiger partial charge in [-0.15, -0.1) is 0 Å². The van der Waals surface area contributed by atoms with Gasteiger partial charge in [0.1, 0.15) is 6.10 Å². The number of aliphatic hydroxyl groups excluding tert-OH is 1. The van der Waals surface area contributed by atoms with Crippen molar-refractivity contribution in [2.45, 2.75) is 23.1 Å². The van der Waals surface area contributed by atoms with E-state index in [2.05, 4.69) is 15.9 Å². The first-order chi connectivity index (χ1) is 8.13. The average molecular weight is 376 g/mol. The van der Waals surface area contributed by atoms with Crippen LogP contribution in [0.3, 0.4) is 0 Å². The number of halogens is 3. The molecule has 3 nitrogen and oxygen atoms in total. The Hall–Kier alpha value is 0.190. The van der Waals surface area contributed by atoms with Crippen LogP contribution in [0.1, 0.15) is 25.0 Å². The lowest BCUT2D eigenvalue weighted by molar-refractivity contribution is 0.160. The van der Waals surface area contributed by atoms with Gasteiger partial charge in [0.25, 0.3) is 0 Å². The summed E-state index contributed by atoms with van der Waals surface area (Å²) in [7, 11) is -3.51. The molecule has 0 aromatic heterocycles. The molecule has 0 spiro atoms. The first-order valence-electron chi connectivity index (χ1n) is 5.15. The Kier molecular flexibility index (Phi) is 5.12. The van der Waals surface area contributed by atoms with E-state index in [9.17, 15) is 13.5 Å². The molecular weight excluding hydrogens is 363 g/mol. The number of benzene rings is 1. The lowest BCUT2D eigenvalue weighted by Crippen LogP contribution is -2.37. The molecule has 0 aliphatic heterocycles. The number of hydrogen-bond acceptors (Lipinski definition) is 3. The Balaban J connectivity index is 3.32. The SMILES string of the molecule is CC[C@](Br)([C@@H](O)c1ccc(Cl)cc1Cl)S(C)(=O)=O. The van der Waals surface area contributed by atoms with Crippen molar-refractivity contribution in [3.05, 3.63) is 33.8 Å². The fourth-order valence-corrected chi connectivity index (χ4v) is 3.43. The van der Waals surface area contributed by atoms with Crippen LogP contribution < -0.4 is 0 Å². The highest BCUT2D eigenvalue weighted by Gasteiger charge is 2.44. The number of rotatable bonds is 4. The molecule has 0 radical (unpaired) electrons. The van der Waals surface area contributed by atoms with Gasteiger partial charge >= 0.3 is 0 Å². The van der Waals surface area contributed by atoms with Gasteiger partial charge in [0.2, 0.25) is 0 Å². The minimum absolute atomic E-state index is 0.200. The number of hydrogen-bond donors (Lipinski definition) is 1. The van der Waals surface area contributed by atoms with Crippen molar-refractivity contribution < 1.29 is 13.5 Å². The van der Waals surface area contributed by atoms with Gasteiger partial charge in [-0.3, -0.25) is 0 Å². The summed E-state index contributed by atoms with van der Waals surface area (Å²) in [4.78, 5) is 0. The molecule has 0 amide bonds. The Morgan fingerprint density at radius 2 is 2.00 bits per heavy atom. The van der Waals surface area contributed by atoms with Crippen molar-refractivity contribution in [1.82, 2.24) is 0 Å². The number of alkyl halides is 1. The molecule has 0 aliphatic carbocycles. The van der Waals surface area contributed by atoms with Crippen LogP contribution in [0, 0.1) is 0 Å². The molecule has 0 unspecified atom stereocenters. The molecule has 0 saturated heterocycles. The van der Waals surface area contributed by atoms with Crippen LogP contribution in [0.5, 0.6) is 0 Å². The molecule has 7 heteroatoms. The van der Waals surface area contributed by atoms with Gasteiger partial charge in [-0.25, -0.2) is 8.42 Å². The molecule has 0 bridgehead atoms. The average Bonchev–Trinajstić information content (AvgIpc) is 2.25. The van der Waals surface area contributed by atoms with Crippen molar-refractivity contribution in [2.24, 2.45) is 0 Å². The first-order valence-corrected chi connectivity index (χ1v) is 8.59. The summed E-state index contributed by atoms with van der Waals surface area (Å²) in [5.74, 6) is 0. The zero-order valence-corrected chi connectivity index (χ0v) is 13.7. The summed E-state index contributed by atoms with van der Waals surface area (Å²) in [5, 5.41) is 10.9. The van der Waals surface area contributed by atoms with E-state index in [1.54, 1.807) is 13.0 Å². The second-order valence-corrected chi connectivity index (χ2v) is 9.04. The fourth-order valence-electron chi connectivity index (χ4n) is 1.61. The second kappa shape index (κ2) is 5.67. The van der Waals surface area contributed by atoms with Crippen LogP contribution in [-0.4, -0.2) is 23.4 Å². The largest absolute Gasteiger partial charge is 0.386 e. The highest BCUT2D eigenvalue weighted by molar-refractivity contribution is 9.11. The third kappa shape index (κ3) is 3.02. The Labute approximate surface area is 125 Å². The standard InChI is InChI=1S/C11H13BrCl2O3S/c1-3-11(12,18(2,16)17)10(15)8-5-4-7(13)6-9(8)14/h4-6,10,15H,3H2,1-2H3/t10-,11+/m0/s1. The topological polar surface area (TPSA) is 54.4 Å². The summed E-state index contributed by atoms with van der Waals surface area (Å²) in [5.41, 5.74) is 0.324. The summed E-state index contributed by atoms with van der Waals surface area (Å²) < 4.78 is 22.1. The van der Waals surface area contributed by atoms with E-state index < -0.39 is 19.6 Å². The van der Waals surface area contributed by atoms with Gasteiger partial charge in [-0.2, -0.15) is 0 Å². The third-order valence-corrected chi connectivity index (χ3v) is 7.83. The van der Waals surface area contributed by atoms with Crippen molar-refractivity contribution in [3.8, 4) is 0 Å². The summed E-state index contributed by atoms with van der Waals surface area (Å²) in [6.07, 6.45) is -0.00758. The van der Waals surface area contributed by atoms with E-state index in [-0.39, 0.29) is 11.4 Å². The fraction of sp³-hybridized carbons (Fsp3) is 0.455. The lowest BCUT2D eigenvalue weighted by Gasteiger charge is -2.30. The summed E-state index contributed by atoms with van der Waals surface area (Å²) >= 11 is 14.9. The van der Waals surface area contributed by atoms with Gasteiger partial charge in [0.15, 0.2) is 13.5 Å². The molecule has 2 atom stereocenters. The maximum absolute atomic E-state index is 11.8. The molecule has 0 heterocycles. The summed E-state index contributed by atoms with van der Waals surface area (Å²) in [6.45, 7) is 1.67. The van der Waals surface area contributed by atoms with E-state index in [0.29, 0.717) is 10.6 Å². The van der Waals surface area contributed by atoms with Crippen molar-refractivity contribution in [1.29, 1.82) is 0 Å². The third-order valence-electron chi connectivity index (χ3n) is 2.76. The quantitative estimate of drug-likeness (QED) is 0.818. The molecule has 1 aromatic carbocycles. The minimum Gasteiger partial charge on any atom is -0.386 e. The maximum Gasteiger partial charge on any atom is 0.166 e. The van der Waals surface area contributed by atoms with Gasteiger partial charge in [0, 0.05) is 21.9 Å². The van der Waals surface area contributed by atoms with Gasteiger partial charge in [0.05, 0.1) is 0 Å². The zero-order chi connectivity index (χ0) is 14.1. The van der Waals surface area contributed by atoms with Crippen LogP contribution in [0.4, 0.5) is 0 Å². The van der Waals surface area contributed by atoms with Crippen molar-refractivity contribution in [2.75, 3.05) is 6.26 Å². The molecule has 0 saturated carbocycles. The van der Waals surface area contributed by atoms with Gasteiger partial charge < -0.3 is 5.11 Å². The van der Waals surface area contributed by atoms with E-state index in [1.807, 2.05) is 0 Å². The monoisotopic (exact) mass is 374 g/mol. The van der Waals surface area contributed by atoms with Crippen molar-refractivity contribution in [3.63, 3.8) is 0 Å². The maximum atomic E-state index is 11.8. The van der Waals surface area contributed by atoms with E-state index >= 15 is 0 Å². The lowest BCUT2D eigenvalue weighted by atomic mass is 10.0. The molecule has 0 fully saturated rings. The van der Waals surface area contributed by atoms with Gasteiger partial charge in [-0.05, 0) is 18.6 Å². The minimum atomic E-state index is -3.51. The van der Waals surface area contributed by atoms with Crippen LogP contribution in [0.2, 0.25) is 10.0 Å². The number of sulfone groups is 1. The first kappa shape index (κ1) is 16.2. The molecule has 1 aromatic rings. The normalized spacial score (nSPS) is 17.2. The highest BCUT2D eigenvalue weighted by atomic mass is 79.9. The van der Waals surface area contributed by atoms with Crippen LogP contribution >= 0.6 is 39.1 Å². The molecule has 0 aliphatic rings. The molecule has 1 N–H and O–H groups in total.